The molecule has 1 aromatic carbocycles. The van der Waals surface area contributed by atoms with Crippen LogP contribution in [0.15, 0.2) is 40.1 Å². The number of benzene rings is 1. The summed E-state index contributed by atoms with van der Waals surface area (Å²) in [5.41, 5.74) is -0.955. The number of fused-ring (bicyclic) bond motifs is 1. The molecule has 0 unspecified atom stereocenters. The molecule has 1 N–H and O–H groups in total. The summed E-state index contributed by atoms with van der Waals surface area (Å²) in [7, 11) is 0. The van der Waals surface area contributed by atoms with E-state index in [1.807, 2.05) is 0 Å². The van der Waals surface area contributed by atoms with Gasteiger partial charge in [-0.1, -0.05) is 11.8 Å². The number of nitrogens with zero attached hydrogens (tertiary/aromatic N) is 3. The smallest absolute Gasteiger partial charge is 0.322 e. The second-order valence-electron chi connectivity index (χ2n) is 5.21. The van der Waals surface area contributed by atoms with Gasteiger partial charge < -0.3 is 5.32 Å². The first-order valence-corrected chi connectivity index (χ1v) is 8.92. The molecule has 142 valence electrons. The van der Waals surface area contributed by atoms with E-state index in [2.05, 4.69) is 31.4 Å². The number of hydrogen-bond acceptors (Lipinski definition) is 4. The Morgan fingerprint density at radius 1 is 1.22 bits per heavy atom. The monoisotopic (exact) mass is 466 g/mol. The van der Waals surface area contributed by atoms with Crippen LogP contribution in [0.1, 0.15) is 5.56 Å². The normalized spacial score (nSPS) is 11.8. The summed E-state index contributed by atoms with van der Waals surface area (Å²) in [6.45, 7) is 0. The Morgan fingerprint density at radius 3 is 2.63 bits per heavy atom. The maximum atomic E-state index is 13.7. The predicted molar refractivity (Wildman–Crippen MR) is 91.4 cm³/mol. The zero-order chi connectivity index (χ0) is 19.8. The second kappa shape index (κ2) is 7.43. The van der Waals surface area contributed by atoms with Gasteiger partial charge in [0.25, 0.3) is 0 Å². The van der Waals surface area contributed by atoms with Gasteiger partial charge in [-0.25, -0.2) is 8.78 Å². The Balaban J connectivity index is 1.74. The van der Waals surface area contributed by atoms with Crippen molar-refractivity contribution in [2.75, 3.05) is 11.1 Å². The van der Waals surface area contributed by atoms with Gasteiger partial charge in [-0.3, -0.25) is 9.20 Å². The number of pyridine rings is 1. The topological polar surface area (TPSA) is 59.3 Å². The molecule has 12 heteroatoms. The van der Waals surface area contributed by atoms with Crippen molar-refractivity contribution in [2.45, 2.75) is 11.3 Å². The number of thioether (sulfide) groups is 1. The van der Waals surface area contributed by atoms with Gasteiger partial charge in [0.15, 0.2) is 16.6 Å². The third kappa shape index (κ3) is 4.38. The summed E-state index contributed by atoms with van der Waals surface area (Å²) >= 11 is 3.76. The fourth-order valence-corrected chi connectivity index (χ4v) is 3.33. The molecule has 0 bridgehead atoms. The van der Waals surface area contributed by atoms with Crippen molar-refractivity contribution in [3.8, 4) is 0 Å². The highest BCUT2D eigenvalue weighted by Crippen LogP contribution is 2.30. The van der Waals surface area contributed by atoms with Gasteiger partial charge in [0.05, 0.1) is 17.0 Å². The van der Waals surface area contributed by atoms with Gasteiger partial charge in [-0.15, -0.1) is 10.2 Å². The summed E-state index contributed by atoms with van der Waals surface area (Å²) < 4.78 is 66.4. The minimum atomic E-state index is -4.54. The predicted octanol–water partition coefficient (Wildman–Crippen LogP) is 4.52. The van der Waals surface area contributed by atoms with Crippen LogP contribution in [0.3, 0.4) is 0 Å². The number of rotatable bonds is 4. The molecule has 27 heavy (non-hydrogen) atoms. The molecule has 0 fully saturated rings. The Morgan fingerprint density at radius 2 is 1.96 bits per heavy atom. The van der Waals surface area contributed by atoms with Gasteiger partial charge in [0.1, 0.15) is 5.82 Å². The molecule has 0 radical (unpaired) electrons. The number of amides is 1. The van der Waals surface area contributed by atoms with Crippen LogP contribution in [0.2, 0.25) is 0 Å². The number of carbonyl (C=O) groups is 1. The number of anilines is 1. The van der Waals surface area contributed by atoms with Crippen molar-refractivity contribution < 1.29 is 26.7 Å². The number of alkyl halides is 3. The first-order chi connectivity index (χ1) is 12.6. The van der Waals surface area contributed by atoms with E-state index >= 15 is 0 Å². The maximum absolute atomic E-state index is 13.7. The average Bonchev–Trinajstić information content (AvgIpc) is 2.97. The van der Waals surface area contributed by atoms with E-state index in [9.17, 15) is 26.7 Å². The Labute approximate surface area is 161 Å². The number of aromatic nitrogens is 3. The molecule has 0 spiro atoms. The molecule has 5 nitrogen and oxygen atoms in total. The zero-order valence-corrected chi connectivity index (χ0v) is 15.4. The van der Waals surface area contributed by atoms with Crippen LogP contribution in [0.5, 0.6) is 0 Å². The Kier molecular flexibility index (Phi) is 5.38. The highest BCUT2D eigenvalue weighted by atomic mass is 79.9. The molecule has 0 atom stereocenters. The highest BCUT2D eigenvalue weighted by molar-refractivity contribution is 9.10. The largest absolute Gasteiger partial charge is 0.417 e. The van der Waals surface area contributed by atoms with E-state index in [1.165, 1.54) is 0 Å². The molecule has 0 saturated heterocycles. The molecule has 0 saturated carbocycles. The summed E-state index contributed by atoms with van der Waals surface area (Å²) in [5, 5.41) is 9.79. The van der Waals surface area contributed by atoms with Crippen LogP contribution >= 0.6 is 27.7 Å². The molecule has 1 amide bonds. The van der Waals surface area contributed by atoms with Crippen molar-refractivity contribution in [3.05, 3.63) is 52.1 Å². The van der Waals surface area contributed by atoms with Crippen molar-refractivity contribution in [2.24, 2.45) is 0 Å². The molecule has 0 aliphatic heterocycles. The lowest BCUT2D eigenvalue weighted by Gasteiger charge is -2.09. The number of halogens is 6. The number of carbonyl (C=O) groups excluding carboxylic acids is 1. The van der Waals surface area contributed by atoms with Gasteiger partial charge in [0.2, 0.25) is 5.91 Å². The molecule has 3 rings (SSSR count). The van der Waals surface area contributed by atoms with Crippen LogP contribution in [0.25, 0.3) is 5.65 Å². The lowest BCUT2D eigenvalue weighted by Crippen LogP contribution is -2.16. The van der Waals surface area contributed by atoms with Crippen molar-refractivity contribution in [1.82, 2.24) is 14.6 Å². The third-order valence-corrected chi connectivity index (χ3v) is 4.87. The fraction of sp³-hybridized carbons (Fsp3) is 0.133. The van der Waals surface area contributed by atoms with Gasteiger partial charge in [0, 0.05) is 16.7 Å². The number of nitrogens with one attached hydrogen (secondary N) is 1. The number of hydrogen-bond donors (Lipinski definition) is 1. The van der Waals surface area contributed by atoms with Crippen LogP contribution in [-0.2, 0) is 11.0 Å². The summed E-state index contributed by atoms with van der Waals surface area (Å²) in [6, 6.07) is 3.62. The van der Waals surface area contributed by atoms with Gasteiger partial charge in [-0.2, -0.15) is 13.2 Å². The van der Waals surface area contributed by atoms with Gasteiger partial charge in [-0.05, 0) is 34.1 Å². The summed E-state index contributed by atoms with van der Waals surface area (Å²) in [4.78, 5) is 12.0. The SMILES string of the molecule is O=C(CSc1nnc2ccc(C(F)(F)F)cn12)Nc1c(F)cc(F)cc1Br. The van der Waals surface area contributed by atoms with Crippen molar-refractivity contribution in [3.63, 3.8) is 0 Å². The standard InChI is InChI=1S/C15H8BrF5N4OS/c16-9-3-8(17)4-10(18)13(9)22-12(26)6-27-14-24-23-11-2-1-7(5-25(11)14)15(19,20)21/h1-5H,6H2,(H,22,26). The molecule has 3 aromatic rings. The first kappa shape index (κ1) is 19.5. The fourth-order valence-electron chi connectivity index (χ4n) is 2.10. The minimum Gasteiger partial charge on any atom is -0.322 e. The first-order valence-electron chi connectivity index (χ1n) is 7.14. The molecular weight excluding hydrogens is 459 g/mol. The maximum Gasteiger partial charge on any atom is 0.417 e. The molecule has 0 aliphatic rings. The van der Waals surface area contributed by atoms with Crippen LogP contribution in [0, 0.1) is 11.6 Å². The third-order valence-electron chi connectivity index (χ3n) is 3.30. The van der Waals surface area contributed by atoms with Crippen LogP contribution in [0.4, 0.5) is 27.6 Å². The summed E-state index contributed by atoms with van der Waals surface area (Å²) in [6.07, 6.45) is -3.71. The molecular formula is C15H8BrF5N4OS. The Bertz CT molecular complexity index is 1000. The van der Waals surface area contributed by atoms with Crippen LogP contribution < -0.4 is 5.32 Å². The van der Waals surface area contributed by atoms with Gasteiger partial charge >= 0.3 is 6.18 Å². The zero-order valence-electron chi connectivity index (χ0n) is 13.0. The van der Waals surface area contributed by atoms with Crippen molar-refractivity contribution >= 4 is 44.9 Å². The van der Waals surface area contributed by atoms with Crippen molar-refractivity contribution in [1.29, 1.82) is 0 Å². The molecule has 2 heterocycles. The second-order valence-corrected chi connectivity index (χ2v) is 7.00. The summed E-state index contributed by atoms with van der Waals surface area (Å²) in [5.74, 6) is -2.72. The highest BCUT2D eigenvalue weighted by Gasteiger charge is 2.31. The van der Waals surface area contributed by atoms with E-state index in [0.717, 1.165) is 40.6 Å². The lowest BCUT2D eigenvalue weighted by molar-refractivity contribution is -0.137. The minimum absolute atomic E-state index is 0.0149. The Hall–Kier alpha value is -2.21. The lowest BCUT2D eigenvalue weighted by atomic mass is 10.3. The quantitative estimate of drug-likeness (QED) is 0.453. The van der Waals surface area contributed by atoms with E-state index in [0.29, 0.717) is 6.07 Å². The van der Waals surface area contributed by atoms with E-state index in [4.69, 9.17) is 0 Å². The van der Waals surface area contributed by atoms with E-state index in [-0.39, 0.29) is 26.7 Å². The van der Waals surface area contributed by atoms with Crippen LogP contribution in [-0.4, -0.2) is 26.3 Å². The average molecular weight is 467 g/mol. The molecule has 2 aromatic heterocycles. The molecule has 0 aliphatic carbocycles. The van der Waals surface area contributed by atoms with E-state index in [1.54, 1.807) is 0 Å². The van der Waals surface area contributed by atoms with E-state index < -0.39 is 29.3 Å².